The van der Waals surface area contributed by atoms with Gasteiger partial charge in [-0.1, -0.05) is 36.4 Å². The Kier molecular flexibility index (Phi) is 4.72. The second-order valence-corrected chi connectivity index (χ2v) is 8.04. The molecule has 0 unspecified atom stereocenters. The van der Waals surface area contributed by atoms with E-state index in [2.05, 4.69) is 20.2 Å². The van der Waals surface area contributed by atoms with Gasteiger partial charge >= 0.3 is 0 Å². The highest BCUT2D eigenvalue weighted by Gasteiger charge is 2.51. The van der Waals surface area contributed by atoms with Crippen LogP contribution in [0.5, 0.6) is 5.75 Å². The van der Waals surface area contributed by atoms with E-state index in [1.54, 1.807) is 0 Å². The van der Waals surface area contributed by atoms with E-state index in [0.717, 1.165) is 54.8 Å². The molecule has 1 aliphatic carbocycles. The molecule has 2 fully saturated rings. The molecule has 2 heterocycles. The van der Waals surface area contributed by atoms with Crippen LogP contribution in [0.2, 0.25) is 0 Å². The number of nitrogens with zero attached hydrogens (tertiary/aromatic N) is 2. The average molecular weight is 390 g/mol. The first-order valence-electron chi connectivity index (χ1n) is 10.5. The van der Waals surface area contributed by atoms with Gasteiger partial charge in [0.15, 0.2) is 0 Å². The van der Waals surface area contributed by atoms with Crippen molar-refractivity contribution in [2.24, 2.45) is 0 Å². The van der Waals surface area contributed by atoms with E-state index in [1.807, 2.05) is 48.5 Å². The summed E-state index contributed by atoms with van der Waals surface area (Å²) in [6.07, 6.45) is 4.30. The van der Waals surface area contributed by atoms with Gasteiger partial charge in [0.1, 0.15) is 17.9 Å². The van der Waals surface area contributed by atoms with Crippen molar-refractivity contribution >= 4 is 22.9 Å². The summed E-state index contributed by atoms with van der Waals surface area (Å²) in [6, 6.07) is 15.8. The molecule has 6 nitrogen and oxygen atoms in total. The number of aromatic nitrogens is 2. The molecule has 1 amide bonds. The third kappa shape index (κ3) is 3.60. The van der Waals surface area contributed by atoms with Crippen LogP contribution in [0, 0.1) is 0 Å². The van der Waals surface area contributed by atoms with Gasteiger partial charge in [-0.2, -0.15) is 0 Å². The van der Waals surface area contributed by atoms with Gasteiger partial charge < -0.3 is 9.72 Å². The first-order chi connectivity index (χ1) is 14.2. The molecule has 3 aromatic rings. The van der Waals surface area contributed by atoms with Crippen molar-refractivity contribution in [3.8, 4) is 5.75 Å². The number of anilines is 1. The maximum Gasteiger partial charge on any atom is 0.237 e. The van der Waals surface area contributed by atoms with Gasteiger partial charge in [-0.15, -0.1) is 0 Å². The fraction of sp³-hybridized carbons (Fsp3) is 0.391. The molecule has 2 aromatic carbocycles. The summed E-state index contributed by atoms with van der Waals surface area (Å²) in [6.45, 7) is 3.90. The molecular formula is C23H26N4O2. The van der Waals surface area contributed by atoms with Crippen LogP contribution in [-0.2, 0) is 10.2 Å². The summed E-state index contributed by atoms with van der Waals surface area (Å²) in [5, 5.41) is 2.99. The molecule has 1 aliphatic heterocycles. The zero-order chi connectivity index (χ0) is 19.7. The monoisotopic (exact) mass is 390 g/mol. The van der Waals surface area contributed by atoms with Crippen LogP contribution in [0.3, 0.4) is 0 Å². The Morgan fingerprint density at radius 3 is 2.66 bits per heavy atom. The number of imidazole rings is 1. The summed E-state index contributed by atoms with van der Waals surface area (Å²) in [5.74, 6) is 1.23. The Hall–Kier alpha value is -2.86. The van der Waals surface area contributed by atoms with Crippen LogP contribution < -0.4 is 10.1 Å². The minimum Gasteiger partial charge on any atom is -0.490 e. The zero-order valence-electron chi connectivity index (χ0n) is 16.5. The molecule has 5 rings (SSSR count). The Labute approximate surface area is 170 Å². The maximum atomic E-state index is 13.0. The number of nitrogens with one attached hydrogen (secondary N) is 2. The van der Waals surface area contributed by atoms with E-state index in [0.29, 0.717) is 12.6 Å². The van der Waals surface area contributed by atoms with Gasteiger partial charge in [0, 0.05) is 6.54 Å². The minimum absolute atomic E-state index is 0.000687. The third-order valence-electron chi connectivity index (χ3n) is 6.08. The molecule has 1 aromatic heterocycles. The Bertz CT molecular complexity index is 1000. The molecule has 29 heavy (non-hydrogen) atoms. The molecule has 0 spiro atoms. The van der Waals surface area contributed by atoms with E-state index < -0.39 is 5.41 Å². The van der Waals surface area contributed by atoms with Gasteiger partial charge in [0.25, 0.3) is 0 Å². The normalized spacial score (nSPS) is 18.1. The smallest absolute Gasteiger partial charge is 0.237 e. The summed E-state index contributed by atoms with van der Waals surface area (Å²) >= 11 is 0. The average Bonchev–Trinajstić information content (AvgIpc) is 3.19. The number of hydrogen-bond donors (Lipinski definition) is 2. The van der Waals surface area contributed by atoms with Crippen LogP contribution in [0.25, 0.3) is 11.0 Å². The number of H-pyrrole nitrogens is 1. The van der Waals surface area contributed by atoms with Crippen molar-refractivity contribution in [2.75, 3.05) is 31.6 Å². The van der Waals surface area contributed by atoms with Gasteiger partial charge in [0.05, 0.1) is 10.9 Å². The summed E-state index contributed by atoms with van der Waals surface area (Å²) in [5.41, 5.74) is 2.27. The van der Waals surface area contributed by atoms with Crippen molar-refractivity contribution in [1.82, 2.24) is 14.9 Å². The number of para-hydroxylation sites is 1. The lowest BCUT2D eigenvalue weighted by atomic mass is 9.95. The number of likely N-dealkylation sites (tertiary alicyclic amines) is 1. The van der Waals surface area contributed by atoms with Crippen molar-refractivity contribution < 1.29 is 9.53 Å². The summed E-state index contributed by atoms with van der Waals surface area (Å²) in [4.78, 5) is 23.2. The molecular weight excluding hydrogens is 364 g/mol. The lowest BCUT2D eigenvalue weighted by Gasteiger charge is -2.15. The second-order valence-electron chi connectivity index (χ2n) is 8.04. The summed E-state index contributed by atoms with van der Waals surface area (Å²) in [7, 11) is 0. The Morgan fingerprint density at radius 1 is 1.10 bits per heavy atom. The van der Waals surface area contributed by atoms with E-state index >= 15 is 0 Å². The highest BCUT2D eigenvalue weighted by Crippen LogP contribution is 2.48. The second kappa shape index (κ2) is 7.52. The number of ether oxygens (including phenoxy) is 1. The Morgan fingerprint density at radius 2 is 1.90 bits per heavy atom. The lowest BCUT2D eigenvalue weighted by Crippen LogP contribution is -2.28. The first kappa shape index (κ1) is 18.2. The predicted octanol–water partition coefficient (Wildman–Crippen LogP) is 3.71. The molecule has 0 radical (unpaired) electrons. The van der Waals surface area contributed by atoms with E-state index in [-0.39, 0.29) is 5.91 Å². The Balaban J connectivity index is 1.29. The molecule has 0 bridgehead atoms. The van der Waals surface area contributed by atoms with Crippen LogP contribution in [0.1, 0.15) is 31.2 Å². The van der Waals surface area contributed by atoms with Gasteiger partial charge in [0.2, 0.25) is 11.9 Å². The number of amides is 1. The number of carbonyl (C=O) groups excluding carboxylic acids is 1. The van der Waals surface area contributed by atoms with Crippen molar-refractivity contribution in [1.29, 1.82) is 0 Å². The van der Waals surface area contributed by atoms with Crippen molar-refractivity contribution in [3.63, 3.8) is 0 Å². The number of hydrogen-bond acceptors (Lipinski definition) is 4. The fourth-order valence-corrected chi connectivity index (χ4v) is 4.23. The molecule has 150 valence electrons. The zero-order valence-corrected chi connectivity index (χ0v) is 16.5. The topological polar surface area (TPSA) is 70.2 Å². The van der Waals surface area contributed by atoms with Crippen LogP contribution in [0.4, 0.5) is 5.95 Å². The van der Waals surface area contributed by atoms with Crippen molar-refractivity contribution in [3.05, 3.63) is 54.1 Å². The first-order valence-corrected chi connectivity index (χ1v) is 10.5. The quantitative estimate of drug-likeness (QED) is 0.645. The number of rotatable bonds is 7. The number of aromatic amines is 1. The van der Waals surface area contributed by atoms with Gasteiger partial charge in [-0.25, -0.2) is 4.98 Å². The van der Waals surface area contributed by atoms with E-state index in [1.165, 1.54) is 12.8 Å². The fourth-order valence-electron chi connectivity index (χ4n) is 4.23. The lowest BCUT2D eigenvalue weighted by molar-refractivity contribution is -0.118. The largest absolute Gasteiger partial charge is 0.490 e. The SMILES string of the molecule is O=C(Nc1nc2c(OCCN3CCCC3)cccc2[nH]1)C1(c2ccccc2)CC1. The molecule has 6 heteroatoms. The number of carbonyl (C=O) groups is 1. The van der Waals surface area contributed by atoms with Crippen molar-refractivity contribution in [2.45, 2.75) is 31.1 Å². The number of fused-ring (bicyclic) bond motifs is 1. The van der Waals surface area contributed by atoms with E-state index in [9.17, 15) is 4.79 Å². The van der Waals surface area contributed by atoms with E-state index in [4.69, 9.17) is 4.74 Å². The highest BCUT2D eigenvalue weighted by molar-refractivity contribution is 6.01. The number of benzene rings is 2. The highest BCUT2D eigenvalue weighted by atomic mass is 16.5. The molecule has 1 saturated heterocycles. The molecule has 0 atom stereocenters. The molecule has 2 N–H and O–H groups in total. The van der Waals surface area contributed by atoms with Gasteiger partial charge in [-0.05, 0) is 56.5 Å². The molecule has 2 aliphatic rings. The molecule has 1 saturated carbocycles. The minimum atomic E-state index is -0.421. The van der Waals surface area contributed by atoms with Crippen LogP contribution >= 0.6 is 0 Å². The standard InChI is InChI=1S/C23H26N4O2/c28-21(23(11-12-23)17-7-2-1-3-8-17)26-22-24-18-9-6-10-19(20(18)25-22)29-16-15-27-13-4-5-14-27/h1-3,6-10H,4-5,11-16H2,(H2,24,25,26,28). The predicted molar refractivity (Wildman–Crippen MR) is 113 cm³/mol. The maximum absolute atomic E-state index is 13.0. The van der Waals surface area contributed by atoms with Gasteiger partial charge in [-0.3, -0.25) is 15.0 Å². The summed E-state index contributed by atoms with van der Waals surface area (Å²) < 4.78 is 6.01. The van der Waals surface area contributed by atoms with Crippen LogP contribution in [-0.4, -0.2) is 47.0 Å². The van der Waals surface area contributed by atoms with Crippen LogP contribution in [0.15, 0.2) is 48.5 Å². The third-order valence-corrected chi connectivity index (χ3v) is 6.08.